The summed E-state index contributed by atoms with van der Waals surface area (Å²) in [6.07, 6.45) is 1.10. The summed E-state index contributed by atoms with van der Waals surface area (Å²) in [5, 5.41) is 10.5. The van der Waals surface area contributed by atoms with E-state index in [0.717, 1.165) is 0 Å². The van der Waals surface area contributed by atoms with Crippen LogP contribution in [0.3, 0.4) is 0 Å². The number of hydrogen-bond donors (Lipinski definition) is 1. The standard InChI is InChI=1S/C22H39ClN4O4Si2/c1-21(2,3)32(7,8)30-16-14(11-28)29-20(17(16)31-33(9,10)22(4,5)6)27-13-26-15-18(23)24-12-25-19(15)27/h12-14,16-17,20,28H,11H2,1-10H3/t14-,16?,17?,20-/m1/s1. The summed E-state index contributed by atoms with van der Waals surface area (Å²) in [6, 6.07) is 0. The fourth-order valence-electron chi connectivity index (χ4n) is 3.39. The fraction of sp³-hybridized carbons (Fsp3) is 0.773. The lowest BCUT2D eigenvalue weighted by molar-refractivity contribution is -0.0491. The zero-order valence-electron chi connectivity index (χ0n) is 21.5. The summed E-state index contributed by atoms with van der Waals surface area (Å²) in [4.78, 5) is 12.9. The Hall–Kier alpha value is -0.886. The second-order valence-electron chi connectivity index (χ2n) is 11.9. The van der Waals surface area contributed by atoms with Crippen LogP contribution >= 0.6 is 11.6 Å². The number of hydrogen-bond acceptors (Lipinski definition) is 7. The second kappa shape index (κ2) is 8.96. The summed E-state index contributed by atoms with van der Waals surface area (Å²) in [5.74, 6) is 0. The molecule has 33 heavy (non-hydrogen) atoms. The van der Waals surface area contributed by atoms with Gasteiger partial charge in [-0.1, -0.05) is 53.1 Å². The van der Waals surface area contributed by atoms with E-state index in [4.69, 9.17) is 25.2 Å². The molecule has 0 radical (unpaired) electrons. The molecule has 4 atom stereocenters. The van der Waals surface area contributed by atoms with E-state index in [1.165, 1.54) is 6.33 Å². The molecule has 1 N–H and O–H groups in total. The average molecular weight is 515 g/mol. The van der Waals surface area contributed by atoms with E-state index >= 15 is 0 Å². The van der Waals surface area contributed by atoms with Gasteiger partial charge in [-0.2, -0.15) is 0 Å². The highest BCUT2D eigenvalue weighted by atomic mass is 35.5. The molecular weight excluding hydrogens is 476 g/mol. The van der Waals surface area contributed by atoms with Crippen LogP contribution in [0.15, 0.2) is 12.7 Å². The van der Waals surface area contributed by atoms with Gasteiger partial charge in [0.05, 0.1) is 12.9 Å². The van der Waals surface area contributed by atoms with E-state index in [1.54, 1.807) is 6.33 Å². The van der Waals surface area contributed by atoms with E-state index in [2.05, 4.69) is 82.7 Å². The Balaban J connectivity index is 2.10. The van der Waals surface area contributed by atoms with Crippen molar-refractivity contribution in [2.45, 2.75) is 102 Å². The van der Waals surface area contributed by atoms with Gasteiger partial charge in [0.25, 0.3) is 0 Å². The molecule has 1 saturated heterocycles. The number of ether oxygens (including phenoxy) is 1. The topological polar surface area (TPSA) is 91.5 Å². The Labute approximate surface area is 204 Å². The molecule has 2 aromatic rings. The van der Waals surface area contributed by atoms with Crippen LogP contribution in [-0.2, 0) is 13.6 Å². The monoisotopic (exact) mass is 514 g/mol. The Morgan fingerprint density at radius 2 is 1.52 bits per heavy atom. The summed E-state index contributed by atoms with van der Waals surface area (Å²) in [7, 11) is -4.42. The quantitative estimate of drug-likeness (QED) is 0.421. The van der Waals surface area contributed by atoms with Gasteiger partial charge in [-0.15, -0.1) is 0 Å². The molecular formula is C22H39ClN4O4Si2. The van der Waals surface area contributed by atoms with Crippen LogP contribution in [-0.4, -0.2) is 66.2 Å². The van der Waals surface area contributed by atoms with Crippen LogP contribution in [0.5, 0.6) is 0 Å². The predicted octanol–water partition coefficient (Wildman–Crippen LogP) is 5.15. The van der Waals surface area contributed by atoms with Gasteiger partial charge in [0.15, 0.2) is 33.7 Å². The van der Waals surface area contributed by atoms with E-state index in [0.29, 0.717) is 11.2 Å². The maximum Gasteiger partial charge on any atom is 0.192 e. The average Bonchev–Trinajstić information content (AvgIpc) is 3.22. The molecule has 8 nitrogen and oxygen atoms in total. The van der Waals surface area contributed by atoms with Crippen LogP contribution in [0.25, 0.3) is 11.2 Å². The smallest absolute Gasteiger partial charge is 0.192 e. The third kappa shape index (κ3) is 5.07. The number of fused-ring (bicyclic) bond motifs is 1. The number of rotatable bonds is 6. The maximum absolute atomic E-state index is 10.3. The highest BCUT2D eigenvalue weighted by Crippen LogP contribution is 2.46. The molecule has 1 fully saturated rings. The lowest BCUT2D eigenvalue weighted by atomic mass is 10.1. The SMILES string of the molecule is CC(C)(C)[Si](C)(C)OC1C(O[Si](C)(C)C(C)(C)C)[C@@H](CO)O[C@H]1n1cnc2c(Cl)ncnc21. The molecule has 3 rings (SSSR count). The number of aliphatic hydroxyl groups is 1. The minimum absolute atomic E-state index is 0.00489. The van der Waals surface area contributed by atoms with Crippen molar-refractivity contribution in [3.05, 3.63) is 17.8 Å². The van der Waals surface area contributed by atoms with Gasteiger partial charge in [-0.3, -0.25) is 4.57 Å². The summed E-state index contributed by atoms with van der Waals surface area (Å²) in [5.41, 5.74) is 1.07. The molecule has 3 heterocycles. The summed E-state index contributed by atoms with van der Waals surface area (Å²) in [6.45, 7) is 21.9. The molecule has 0 aliphatic carbocycles. The first-order valence-corrected chi connectivity index (χ1v) is 17.6. The van der Waals surface area contributed by atoms with Crippen LogP contribution in [0, 0.1) is 0 Å². The minimum Gasteiger partial charge on any atom is -0.408 e. The first-order chi connectivity index (χ1) is 15.0. The van der Waals surface area contributed by atoms with Crippen molar-refractivity contribution in [1.82, 2.24) is 19.5 Å². The van der Waals surface area contributed by atoms with Gasteiger partial charge >= 0.3 is 0 Å². The summed E-state index contributed by atoms with van der Waals surface area (Å²) < 4.78 is 22.1. The second-order valence-corrected chi connectivity index (χ2v) is 21.8. The lowest BCUT2D eigenvalue weighted by Crippen LogP contribution is -2.53. The molecule has 1 aliphatic heterocycles. The molecule has 0 bridgehead atoms. The van der Waals surface area contributed by atoms with Crippen molar-refractivity contribution >= 4 is 39.4 Å². The molecule has 0 saturated carbocycles. The maximum atomic E-state index is 10.3. The molecule has 0 amide bonds. The number of halogens is 1. The molecule has 2 unspecified atom stereocenters. The van der Waals surface area contributed by atoms with E-state index in [1.807, 2.05) is 4.57 Å². The van der Waals surface area contributed by atoms with Crippen molar-refractivity contribution in [3.63, 3.8) is 0 Å². The number of imidazole rings is 1. The van der Waals surface area contributed by atoms with Crippen molar-refractivity contribution in [1.29, 1.82) is 0 Å². The summed E-state index contributed by atoms with van der Waals surface area (Å²) >= 11 is 6.25. The van der Waals surface area contributed by atoms with Gasteiger partial charge in [-0.05, 0) is 36.3 Å². The number of nitrogens with zero attached hydrogens (tertiary/aromatic N) is 4. The third-order valence-corrected chi connectivity index (χ3v) is 16.8. The van der Waals surface area contributed by atoms with Crippen LogP contribution < -0.4 is 0 Å². The molecule has 0 aromatic carbocycles. The molecule has 1 aliphatic rings. The zero-order valence-corrected chi connectivity index (χ0v) is 24.3. The van der Waals surface area contributed by atoms with Gasteiger partial charge in [0, 0.05) is 0 Å². The van der Waals surface area contributed by atoms with Gasteiger partial charge in [-0.25, -0.2) is 15.0 Å². The predicted molar refractivity (Wildman–Crippen MR) is 135 cm³/mol. The molecule has 186 valence electrons. The lowest BCUT2D eigenvalue weighted by Gasteiger charge is -2.44. The Morgan fingerprint density at radius 3 is 2.03 bits per heavy atom. The van der Waals surface area contributed by atoms with E-state index in [-0.39, 0.29) is 21.8 Å². The van der Waals surface area contributed by atoms with Gasteiger partial charge in [0.2, 0.25) is 0 Å². The zero-order chi connectivity index (χ0) is 25.0. The highest BCUT2D eigenvalue weighted by molar-refractivity contribution is 6.74. The van der Waals surface area contributed by atoms with Crippen molar-refractivity contribution in [3.8, 4) is 0 Å². The largest absolute Gasteiger partial charge is 0.408 e. The first-order valence-electron chi connectivity index (χ1n) is 11.4. The Bertz CT molecular complexity index is 987. The Kier molecular flexibility index (Phi) is 7.25. The number of aromatic nitrogens is 4. The molecule has 0 spiro atoms. The van der Waals surface area contributed by atoms with Crippen molar-refractivity contribution < 1.29 is 18.7 Å². The first kappa shape index (κ1) is 26.7. The number of aliphatic hydroxyl groups excluding tert-OH is 1. The van der Waals surface area contributed by atoms with Crippen LogP contribution in [0.1, 0.15) is 47.8 Å². The Morgan fingerprint density at radius 1 is 0.970 bits per heavy atom. The van der Waals surface area contributed by atoms with Crippen molar-refractivity contribution in [2.75, 3.05) is 6.61 Å². The molecule has 11 heteroatoms. The van der Waals surface area contributed by atoms with Crippen molar-refractivity contribution in [2.24, 2.45) is 0 Å². The van der Waals surface area contributed by atoms with Crippen LogP contribution in [0.4, 0.5) is 0 Å². The van der Waals surface area contributed by atoms with Crippen LogP contribution in [0.2, 0.25) is 41.4 Å². The van der Waals surface area contributed by atoms with Gasteiger partial charge < -0.3 is 18.7 Å². The normalized spacial score (nSPS) is 25.2. The van der Waals surface area contributed by atoms with E-state index in [9.17, 15) is 5.11 Å². The molecule has 2 aromatic heterocycles. The highest BCUT2D eigenvalue weighted by Gasteiger charge is 2.54. The minimum atomic E-state index is -2.23. The fourth-order valence-corrected chi connectivity index (χ4v) is 6.17. The third-order valence-electron chi connectivity index (χ3n) is 7.53. The van der Waals surface area contributed by atoms with Gasteiger partial charge in [0.1, 0.15) is 30.2 Å². The van der Waals surface area contributed by atoms with E-state index < -0.39 is 41.2 Å².